The lowest BCUT2D eigenvalue weighted by Gasteiger charge is -2.24. The molecule has 0 N–H and O–H groups in total. The first-order valence-corrected chi connectivity index (χ1v) is 5.29. The van der Waals surface area contributed by atoms with Crippen LogP contribution in [-0.2, 0) is 11.6 Å². The molecule has 0 aliphatic carbocycles. The smallest absolute Gasteiger partial charge is 0.166 e. The molecule has 0 aromatic heterocycles. The monoisotopic (exact) mass is 250 g/mol. The van der Waals surface area contributed by atoms with E-state index in [9.17, 15) is 13.2 Å². The van der Waals surface area contributed by atoms with Crippen LogP contribution in [0.25, 0.3) is 0 Å². The van der Waals surface area contributed by atoms with E-state index in [-0.39, 0.29) is 16.0 Å². The molecule has 90 valence electrons. The maximum atomic E-state index is 12.8. The van der Waals surface area contributed by atoms with Crippen molar-refractivity contribution >= 4 is 11.6 Å². The summed E-state index contributed by atoms with van der Waals surface area (Å²) >= 11 is 5.62. The highest BCUT2D eigenvalue weighted by atomic mass is 35.5. The van der Waals surface area contributed by atoms with Gasteiger partial charge in [0.25, 0.3) is 0 Å². The van der Waals surface area contributed by atoms with E-state index in [1.165, 1.54) is 13.0 Å². The van der Waals surface area contributed by atoms with Gasteiger partial charge < -0.3 is 0 Å². The third-order valence-electron chi connectivity index (χ3n) is 2.51. The zero-order valence-electron chi connectivity index (χ0n) is 9.67. The average molecular weight is 251 g/mol. The molecule has 0 saturated carbocycles. The lowest BCUT2D eigenvalue weighted by Crippen LogP contribution is -2.17. The van der Waals surface area contributed by atoms with Crippen molar-refractivity contribution in [1.29, 1.82) is 0 Å². The van der Waals surface area contributed by atoms with E-state index in [0.29, 0.717) is 5.56 Å². The predicted octanol–water partition coefficient (Wildman–Crippen LogP) is 4.96. The number of halogens is 4. The van der Waals surface area contributed by atoms with Crippen LogP contribution in [0.1, 0.15) is 37.5 Å². The van der Waals surface area contributed by atoms with Crippen LogP contribution < -0.4 is 0 Å². The Hall–Kier alpha value is -0.700. The Bertz CT molecular complexity index is 400. The topological polar surface area (TPSA) is 0 Å². The van der Waals surface area contributed by atoms with Gasteiger partial charge in [-0.1, -0.05) is 38.4 Å². The van der Waals surface area contributed by atoms with Gasteiger partial charge in [-0.25, -0.2) is 0 Å². The van der Waals surface area contributed by atoms with Gasteiger partial charge in [-0.05, 0) is 29.5 Å². The molecule has 0 unspecified atom stereocenters. The summed E-state index contributed by atoms with van der Waals surface area (Å²) in [6, 6.07) is 2.98. The third-order valence-corrected chi connectivity index (χ3v) is 2.82. The van der Waals surface area contributed by atoms with Crippen molar-refractivity contribution in [3.8, 4) is 0 Å². The number of hydrogen-bond acceptors (Lipinski definition) is 0. The van der Waals surface area contributed by atoms with Crippen molar-refractivity contribution < 1.29 is 13.2 Å². The highest BCUT2D eigenvalue weighted by molar-refractivity contribution is 6.31. The van der Waals surface area contributed by atoms with Gasteiger partial charge in [0.15, 0.2) is 0 Å². The fourth-order valence-electron chi connectivity index (χ4n) is 1.84. The quantitative estimate of drug-likeness (QED) is 0.610. The fraction of sp³-hybridized carbons (Fsp3) is 0.500. The zero-order valence-corrected chi connectivity index (χ0v) is 10.4. The van der Waals surface area contributed by atoms with Gasteiger partial charge >= 0.3 is 6.18 Å². The van der Waals surface area contributed by atoms with Crippen LogP contribution in [0.15, 0.2) is 12.1 Å². The second-order valence-corrected chi connectivity index (χ2v) is 5.25. The van der Waals surface area contributed by atoms with E-state index in [1.807, 2.05) is 20.8 Å². The van der Waals surface area contributed by atoms with E-state index in [0.717, 1.165) is 0 Å². The second-order valence-electron chi connectivity index (χ2n) is 4.84. The summed E-state index contributed by atoms with van der Waals surface area (Å²) in [7, 11) is 0. The van der Waals surface area contributed by atoms with Gasteiger partial charge in [0.2, 0.25) is 0 Å². The van der Waals surface area contributed by atoms with Crippen molar-refractivity contribution in [2.24, 2.45) is 0 Å². The van der Waals surface area contributed by atoms with E-state index in [2.05, 4.69) is 0 Å². The van der Waals surface area contributed by atoms with Gasteiger partial charge in [0, 0.05) is 0 Å². The first-order valence-electron chi connectivity index (χ1n) is 4.92. The number of rotatable bonds is 0. The lowest BCUT2D eigenvalue weighted by molar-refractivity contribution is -0.138. The Morgan fingerprint density at radius 2 is 1.56 bits per heavy atom. The number of alkyl halides is 3. The van der Waals surface area contributed by atoms with Crippen LogP contribution in [0, 0.1) is 6.92 Å². The Balaban J connectivity index is 3.52. The van der Waals surface area contributed by atoms with Gasteiger partial charge in [-0.3, -0.25) is 0 Å². The van der Waals surface area contributed by atoms with Crippen LogP contribution in [0.2, 0.25) is 5.02 Å². The molecule has 16 heavy (non-hydrogen) atoms. The molecular formula is C12H14ClF3. The summed E-state index contributed by atoms with van der Waals surface area (Å²) in [6.07, 6.45) is -4.40. The van der Waals surface area contributed by atoms with E-state index in [1.54, 1.807) is 6.07 Å². The first kappa shape index (κ1) is 13.4. The number of benzene rings is 1. The largest absolute Gasteiger partial charge is 0.418 e. The van der Waals surface area contributed by atoms with Gasteiger partial charge in [0.1, 0.15) is 0 Å². The zero-order chi connectivity index (χ0) is 12.7. The molecule has 1 rings (SSSR count). The molecule has 1 aromatic carbocycles. The highest BCUT2D eigenvalue weighted by Gasteiger charge is 2.36. The Labute approximate surface area is 98.4 Å². The summed E-state index contributed by atoms with van der Waals surface area (Å²) in [5.41, 5.74) is -0.160. The van der Waals surface area contributed by atoms with E-state index in [4.69, 9.17) is 11.6 Å². The van der Waals surface area contributed by atoms with Crippen LogP contribution in [0.3, 0.4) is 0 Å². The molecule has 1 aromatic rings. The maximum Gasteiger partial charge on any atom is 0.418 e. The van der Waals surface area contributed by atoms with Gasteiger partial charge in [0.05, 0.1) is 10.6 Å². The summed E-state index contributed by atoms with van der Waals surface area (Å²) < 4.78 is 38.4. The molecule has 0 atom stereocenters. The van der Waals surface area contributed by atoms with Gasteiger partial charge in [-0.2, -0.15) is 13.2 Å². The van der Waals surface area contributed by atoms with Crippen molar-refractivity contribution in [1.82, 2.24) is 0 Å². The second kappa shape index (κ2) is 3.95. The normalized spacial score (nSPS) is 13.0. The van der Waals surface area contributed by atoms with Crippen molar-refractivity contribution in [2.45, 2.75) is 39.3 Å². The highest BCUT2D eigenvalue weighted by Crippen LogP contribution is 2.40. The fourth-order valence-corrected chi connectivity index (χ4v) is 2.15. The van der Waals surface area contributed by atoms with Crippen molar-refractivity contribution in [3.05, 3.63) is 33.8 Å². The molecule has 0 bridgehead atoms. The first-order chi connectivity index (χ1) is 7.05. The molecule has 0 heterocycles. The van der Waals surface area contributed by atoms with Crippen molar-refractivity contribution in [2.75, 3.05) is 0 Å². The molecule has 4 heteroatoms. The van der Waals surface area contributed by atoms with Crippen molar-refractivity contribution in [3.63, 3.8) is 0 Å². The van der Waals surface area contributed by atoms with Crippen LogP contribution in [0.4, 0.5) is 13.2 Å². The molecule has 0 radical (unpaired) electrons. The standard InChI is InChI=1S/C12H14ClF3/c1-7-8(11(2,3)4)5-6-9(13)10(7)12(14,15)16/h5-6H,1-4H3. The molecule has 0 fully saturated rings. The summed E-state index contributed by atoms with van der Waals surface area (Å²) in [5, 5.41) is -0.238. The molecular weight excluding hydrogens is 237 g/mol. The predicted molar refractivity (Wildman–Crippen MR) is 59.9 cm³/mol. The number of hydrogen-bond donors (Lipinski definition) is 0. The van der Waals surface area contributed by atoms with Crippen LogP contribution in [-0.4, -0.2) is 0 Å². The summed E-state index contributed by atoms with van der Waals surface area (Å²) in [6.45, 7) is 7.10. The van der Waals surface area contributed by atoms with E-state index < -0.39 is 11.7 Å². The molecule has 0 aliphatic rings. The third kappa shape index (κ3) is 2.51. The minimum absolute atomic E-state index is 0.215. The summed E-state index contributed by atoms with van der Waals surface area (Å²) in [4.78, 5) is 0. The molecule has 0 spiro atoms. The Kier molecular flexibility index (Phi) is 3.30. The minimum Gasteiger partial charge on any atom is -0.166 e. The Morgan fingerprint density at radius 1 is 1.06 bits per heavy atom. The SMILES string of the molecule is Cc1c(C(C)(C)C)ccc(Cl)c1C(F)(F)F. The average Bonchev–Trinajstić information content (AvgIpc) is 1.97. The molecule has 0 aliphatic heterocycles. The van der Waals surface area contributed by atoms with E-state index >= 15 is 0 Å². The van der Waals surface area contributed by atoms with Gasteiger partial charge in [-0.15, -0.1) is 0 Å². The maximum absolute atomic E-state index is 12.8. The molecule has 0 nitrogen and oxygen atoms in total. The minimum atomic E-state index is -4.40. The summed E-state index contributed by atoms with van der Waals surface area (Å²) in [5.74, 6) is 0. The van der Waals surface area contributed by atoms with Crippen LogP contribution in [0.5, 0.6) is 0 Å². The molecule has 0 saturated heterocycles. The lowest BCUT2D eigenvalue weighted by atomic mass is 9.82. The Morgan fingerprint density at radius 3 is 1.94 bits per heavy atom. The van der Waals surface area contributed by atoms with Crippen LogP contribution >= 0.6 is 11.6 Å². The molecule has 0 amide bonds.